The quantitative estimate of drug-likeness (QED) is 0.314. The Morgan fingerprint density at radius 1 is 1.11 bits per heavy atom. The van der Waals surface area contributed by atoms with Crippen LogP contribution in [-0.2, 0) is 0 Å². The van der Waals surface area contributed by atoms with Crippen LogP contribution >= 0.6 is 0 Å². The average molecular weight is 363 g/mol. The van der Waals surface area contributed by atoms with Gasteiger partial charge in [0, 0.05) is 23.5 Å². The van der Waals surface area contributed by atoms with Crippen LogP contribution in [-0.4, -0.2) is 9.78 Å². The molecule has 2 aromatic carbocycles. The molecule has 0 aliphatic rings. The highest BCUT2D eigenvalue weighted by Crippen LogP contribution is 2.12. The first-order chi connectivity index (χ1) is 13.0. The number of para-hydroxylation sites is 2. The van der Waals surface area contributed by atoms with Gasteiger partial charge in [-0.25, -0.2) is 4.68 Å². The second-order valence-electron chi connectivity index (χ2n) is 5.49. The summed E-state index contributed by atoms with van der Waals surface area (Å²) in [6, 6.07) is 23.1. The van der Waals surface area contributed by atoms with Gasteiger partial charge < -0.3 is 16.9 Å². The zero-order valence-corrected chi connectivity index (χ0v) is 15.5. The summed E-state index contributed by atoms with van der Waals surface area (Å²) in [5, 5.41) is 12.1. The van der Waals surface area contributed by atoms with Gasteiger partial charge in [0.1, 0.15) is 5.82 Å². The van der Waals surface area contributed by atoms with Crippen LogP contribution in [0.3, 0.4) is 0 Å². The first kappa shape index (κ1) is 21.3. The molecule has 0 amide bonds. The van der Waals surface area contributed by atoms with Gasteiger partial charge in [-0.3, -0.25) is 5.84 Å². The van der Waals surface area contributed by atoms with Crippen LogP contribution in [0.2, 0.25) is 0 Å². The van der Waals surface area contributed by atoms with Crippen molar-refractivity contribution in [3.8, 4) is 11.8 Å². The predicted octanol–water partition coefficient (Wildman–Crippen LogP) is 3.11. The second-order valence-corrected chi connectivity index (χ2v) is 5.49. The number of nitrogen functional groups attached to an aromatic ring is 2. The number of nitrogens with zero attached hydrogens (tertiary/aromatic N) is 3. The van der Waals surface area contributed by atoms with Crippen molar-refractivity contribution in [2.24, 2.45) is 11.6 Å². The third kappa shape index (κ3) is 8.25. The molecule has 1 heterocycles. The molecule has 0 saturated carbocycles. The zero-order chi connectivity index (χ0) is 20.1. The molecule has 7 N–H and O–H groups in total. The molecule has 0 spiro atoms. The fourth-order valence-electron chi connectivity index (χ4n) is 1.93. The molecule has 1 aromatic heterocycles. The van der Waals surface area contributed by atoms with Crippen LogP contribution < -0.4 is 22.7 Å². The smallest absolute Gasteiger partial charge is 0.127 e. The summed E-state index contributed by atoms with van der Waals surface area (Å²) in [6.07, 6.45) is 1.29. The van der Waals surface area contributed by atoms with Gasteiger partial charge in [-0.05, 0) is 38.1 Å². The summed E-state index contributed by atoms with van der Waals surface area (Å²) >= 11 is 0. The Hall–Kier alpha value is -3.76. The van der Waals surface area contributed by atoms with E-state index in [9.17, 15) is 0 Å². The average Bonchev–Trinajstić information content (AvgIpc) is 3.02. The molecule has 3 aromatic rings. The molecule has 3 rings (SSSR count). The van der Waals surface area contributed by atoms with Crippen molar-refractivity contribution < 1.29 is 0 Å². The van der Waals surface area contributed by atoms with Crippen molar-refractivity contribution in [2.75, 3.05) is 11.2 Å². The summed E-state index contributed by atoms with van der Waals surface area (Å²) in [7, 11) is 0. The Balaban J connectivity index is 0.000000224. The second kappa shape index (κ2) is 11.7. The van der Waals surface area contributed by atoms with Gasteiger partial charge in [-0.1, -0.05) is 36.4 Å². The van der Waals surface area contributed by atoms with Gasteiger partial charge in [0.25, 0.3) is 0 Å². The molecule has 27 heavy (non-hydrogen) atoms. The monoisotopic (exact) mass is 363 g/mol. The Kier molecular flexibility index (Phi) is 9.25. The summed E-state index contributed by atoms with van der Waals surface area (Å²) < 4.78 is 1.73. The van der Waals surface area contributed by atoms with Crippen LogP contribution in [0, 0.1) is 18.3 Å². The van der Waals surface area contributed by atoms with Gasteiger partial charge in [-0.2, -0.15) is 10.4 Å². The SMILES string of the molecule is CC(N)=CC#N.Cc1cc(N)n(-c2ccccc2)n1.NNc1ccccc1. The molecule has 140 valence electrons. The van der Waals surface area contributed by atoms with E-state index >= 15 is 0 Å². The number of nitrogens with two attached hydrogens (primary N) is 3. The van der Waals surface area contributed by atoms with Gasteiger partial charge in [0.05, 0.1) is 17.5 Å². The van der Waals surface area contributed by atoms with Crippen molar-refractivity contribution in [3.63, 3.8) is 0 Å². The lowest BCUT2D eigenvalue weighted by molar-refractivity contribution is 0.872. The molecule has 0 unspecified atom stereocenters. The van der Waals surface area contributed by atoms with Gasteiger partial charge in [0.15, 0.2) is 0 Å². The van der Waals surface area contributed by atoms with E-state index in [1.807, 2.05) is 73.7 Å². The number of rotatable bonds is 2. The van der Waals surface area contributed by atoms with Crippen LogP contribution in [0.5, 0.6) is 0 Å². The van der Waals surface area contributed by atoms with Crippen LogP contribution in [0.4, 0.5) is 11.5 Å². The van der Waals surface area contributed by atoms with E-state index in [1.165, 1.54) is 6.08 Å². The summed E-state index contributed by atoms with van der Waals surface area (Å²) in [5.41, 5.74) is 16.8. The lowest BCUT2D eigenvalue weighted by atomic mass is 10.3. The highest BCUT2D eigenvalue weighted by Gasteiger charge is 2.02. The maximum atomic E-state index is 7.83. The lowest BCUT2D eigenvalue weighted by Gasteiger charge is -2.01. The normalized spacial score (nSPS) is 9.78. The predicted molar refractivity (Wildman–Crippen MR) is 111 cm³/mol. The van der Waals surface area contributed by atoms with Crippen LogP contribution in [0.15, 0.2) is 78.5 Å². The summed E-state index contributed by atoms with van der Waals surface area (Å²) in [6.45, 7) is 3.60. The molecule has 0 aliphatic carbocycles. The van der Waals surface area contributed by atoms with Gasteiger partial charge in [0.2, 0.25) is 0 Å². The number of nitrogens with one attached hydrogen (secondary N) is 1. The maximum Gasteiger partial charge on any atom is 0.127 e. The maximum absolute atomic E-state index is 7.83. The van der Waals surface area contributed by atoms with Gasteiger partial charge >= 0.3 is 0 Å². The van der Waals surface area contributed by atoms with Crippen LogP contribution in [0.1, 0.15) is 12.6 Å². The summed E-state index contributed by atoms with van der Waals surface area (Å²) in [4.78, 5) is 0. The minimum Gasteiger partial charge on any atom is -0.402 e. The fourth-order valence-corrected chi connectivity index (χ4v) is 1.93. The molecule has 0 radical (unpaired) electrons. The minimum atomic E-state index is 0.553. The van der Waals surface area contributed by atoms with E-state index in [1.54, 1.807) is 17.7 Å². The molecule has 0 bridgehead atoms. The number of nitriles is 1. The van der Waals surface area contributed by atoms with E-state index < -0.39 is 0 Å². The molecule has 0 atom stereocenters. The third-order valence-electron chi connectivity index (χ3n) is 3.09. The minimum absolute atomic E-state index is 0.553. The van der Waals surface area contributed by atoms with Crippen molar-refractivity contribution in [1.29, 1.82) is 5.26 Å². The van der Waals surface area contributed by atoms with E-state index in [2.05, 4.69) is 10.5 Å². The molecule has 0 fully saturated rings. The van der Waals surface area contributed by atoms with E-state index in [4.69, 9.17) is 22.6 Å². The fraction of sp³-hybridized carbons (Fsp3) is 0.100. The Labute approximate surface area is 159 Å². The number of benzene rings is 2. The topological polar surface area (TPSA) is 132 Å². The number of hydrazine groups is 1. The largest absolute Gasteiger partial charge is 0.402 e. The number of aromatic nitrogens is 2. The first-order valence-corrected chi connectivity index (χ1v) is 8.19. The van der Waals surface area contributed by atoms with Crippen molar-refractivity contribution >= 4 is 11.5 Å². The third-order valence-corrected chi connectivity index (χ3v) is 3.09. The highest BCUT2D eigenvalue weighted by atomic mass is 15.3. The summed E-state index contributed by atoms with van der Waals surface area (Å²) in [5.74, 6) is 5.77. The van der Waals surface area contributed by atoms with Crippen LogP contribution in [0.25, 0.3) is 5.69 Å². The standard InChI is InChI=1S/C10H11N3.C6H8N2.C4H6N2/c1-8-7-10(11)13(12-8)9-5-3-2-4-6-9;7-8-6-4-2-1-3-5-6;1-4(6)2-3-5/h2-7H,11H2,1H3;1-5,8H,7H2;2H,6H2,1H3. The lowest BCUT2D eigenvalue weighted by Crippen LogP contribution is -2.05. The van der Waals surface area contributed by atoms with Crippen molar-refractivity contribution in [1.82, 2.24) is 9.78 Å². The molecule has 0 aliphatic heterocycles. The molecule has 7 heteroatoms. The Morgan fingerprint density at radius 2 is 1.67 bits per heavy atom. The molecule has 7 nitrogen and oxygen atoms in total. The molecular weight excluding hydrogens is 338 g/mol. The Morgan fingerprint density at radius 3 is 2.00 bits per heavy atom. The first-order valence-electron chi connectivity index (χ1n) is 8.19. The number of allylic oxidation sites excluding steroid dienone is 2. The van der Waals surface area contributed by atoms with E-state index in [-0.39, 0.29) is 0 Å². The van der Waals surface area contributed by atoms with Gasteiger partial charge in [-0.15, -0.1) is 0 Å². The van der Waals surface area contributed by atoms with E-state index in [0.717, 1.165) is 17.1 Å². The number of anilines is 2. The molecular formula is C20H25N7. The van der Waals surface area contributed by atoms with Crippen molar-refractivity contribution in [3.05, 3.63) is 84.2 Å². The number of hydrogen-bond donors (Lipinski definition) is 4. The Bertz CT molecular complexity index is 858. The zero-order valence-electron chi connectivity index (χ0n) is 15.5. The van der Waals surface area contributed by atoms with E-state index in [0.29, 0.717) is 11.5 Å². The highest BCUT2D eigenvalue weighted by molar-refractivity contribution is 5.42. The van der Waals surface area contributed by atoms with Crippen molar-refractivity contribution in [2.45, 2.75) is 13.8 Å². The number of aryl methyl sites for hydroxylation is 1. The number of hydrogen-bond acceptors (Lipinski definition) is 6. The molecule has 0 saturated heterocycles.